The predicted octanol–water partition coefficient (Wildman–Crippen LogP) is 5.35. The molecule has 0 atom stereocenters. The Balaban J connectivity index is 1.80. The first-order valence-electron chi connectivity index (χ1n) is 9.38. The zero-order valence-corrected chi connectivity index (χ0v) is 17.0. The molecule has 4 rings (SSSR count). The van der Waals surface area contributed by atoms with Gasteiger partial charge >= 0.3 is 0 Å². The Hall–Kier alpha value is -3.19. The molecule has 0 aliphatic rings. The van der Waals surface area contributed by atoms with E-state index in [2.05, 4.69) is 4.98 Å². The van der Waals surface area contributed by atoms with Crippen molar-refractivity contribution in [1.29, 1.82) is 0 Å². The van der Waals surface area contributed by atoms with Gasteiger partial charge in [0.1, 0.15) is 17.4 Å². The number of aromatic nitrogens is 2. The summed E-state index contributed by atoms with van der Waals surface area (Å²) in [7, 11) is 0. The van der Waals surface area contributed by atoms with E-state index in [0.717, 1.165) is 18.2 Å². The van der Waals surface area contributed by atoms with Crippen molar-refractivity contribution in [1.82, 2.24) is 9.55 Å². The van der Waals surface area contributed by atoms with Gasteiger partial charge in [-0.25, -0.2) is 13.8 Å². The van der Waals surface area contributed by atoms with Crippen LogP contribution < -0.4 is 10.3 Å². The molecule has 1 aromatic heterocycles. The molecule has 0 N–H and O–H groups in total. The first-order chi connectivity index (χ1) is 14.6. The fourth-order valence-corrected chi connectivity index (χ4v) is 4.08. The number of hydrogen-bond donors (Lipinski definition) is 0. The fraction of sp³-hybridized carbons (Fsp3) is 0.130. The summed E-state index contributed by atoms with van der Waals surface area (Å²) in [5.74, 6) is -0.188. The topological polar surface area (TPSA) is 44.1 Å². The highest BCUT2D eigenvalue weighted by atomic mass is 32.2. The Kier molecular flexibility index (Phi) is 5.81. The quantitative estimate of drug-likeness (QED) is 0.309. The maximum atomic E-state index is 14.1. The molecule has 0 aliphatic heterocycles. The van der Waals surface area contributed by atoms with Crippen molar-refractivity contribution >= 4 is 22.7 Å². The first kappa shape index (κ1) is 20.1. The first-order valence-corrected chi connectivity index (χ1v) is 10.4. The van der Waals surface area contributed by atoms with E-state index in [1.165, 1.54) is 16.3 Å². The highest BCUT2D eigenvalue weighted by Gasteiger charge is 2.15. The molecular weight excluding hydrogens is 406 g/mol. The largest absolute Gasteiger partial charge is 0.494 e. The third-order valence-electron chi connectivity index (χ3n) is 4.52. The van der Waals surface area contributed by atoms with Gasteiger partial charge in [-0.05, 0) is 61.5 Å². The molecule has 152 valence electrons. The van der Waals surface area contributed by atoms with Crippen molar-refractivity contribution in [2.75, 3.05) is 6.61 Å². The predicted molar refractivity (Wildman–Crippen MR) is 114 cm³/mol. The second-order valence-corrected chi connectivity index (χ2v) is 7.45. The van der Waals surface area contributed by atoms with Gasteiger partial charge in [0.25, 0.3) is 5.56 Å². The van der Waals surface area contributed by atoms with Gasteiger partial charge in [0.15, 0.2) is 5.16 Å². The Morgan fingerprint density at radius 1 is 1.03 bits per heavy atom. The summed E-state index contributed by atoms with van der Waals surface area (Å²) in [6.45, 7) is 2.43. The summed E-state index contributed by atoms with van der Waals surface area (Å²) >= 11 is 1.18. The van der Waals surface area contributed by atoms with Gasteiger partial charge in [-0.1, -0.05) is 23.9 Å². The summed E-state index contributed by atoms with van der Waals surface area (Å²) in [6, 6.07) is 17.5. The molecule has 0 unspecified atom stereocenters. The lowest BCUT2D eigenvalue weighted by atomic mass is 10.2. The van der Waals surface area contributed by atoms with Crippen molar-refractivity contribution in [2.24, 2.45) is 0 Å². The van der Waals surface area contributed by atoms with E-state index in [4.69, 9.17) is 4.74 Å². The van der Waals surface area contributed by atoms with Gasteiger partial charge < -0.3 is 4.74 Å². The Morgan fingerprint density at radius 2 is 1.80 bits per heavy atom. The smallest absolute Gasteiger partial charge is 0.266 e. The van der Waals surface area contributed by atoms with E-state index in [1.807, 2.05) is 6.92 Å². The van der Waals surface area contributed by atoms with Gasteiger partial charge in [0.2, 0.25) is 0 Å². The molecule has 0 amide bonds. The van der Waals surface area contributed by atoms with Crippen LogP contribution in [0.1, 0.15) is 12.5 Å². The summed E-state index contributed by atoms with van der Waals surface area (Å²) in [5, 5.41) is 0.874. The van der Waals surface area contributed by atoms with Crippen molar-refractivity contribution in [2.45, 2.75) is 17.8 Å². The lowest BCUT2D eigenvalue weighted by Crippen LogP contribution is -2.21. The van der Waals surface area contributed by atoms with Crippen molar-refractivity contribution in [3.63, 3.8) is 0 Å². The molecule has 0 saturated heterocycles. The number of nitrogens with zero attached hydrogens (tertiary/aromatic N) is 2. The van der Waals surface area contributed by atoms with Crippen LogP contribution in [0.15, 0.2) is 76.7 Å². The minimum absolute atomic E-state index is 0.130. The molecule has 0 fully saturated rings. The molecule has 4 aromatic rings. The van der Waals surface area contributed by atoms with Gasteiger partial charge in [-0.15, -0.1) is 0 Å². The molecule has 4 nitrogen and oxygen atoms in total. The van der Waals surface area contributed by atoms with Gasteiger partial charge in [0.05, 0.1) is 23.2 Å². The lowest BCUT2D eigenvalue weighted by molar-refractivity contribution is 0.340. The van der Waals surface area contributed by atoms with E-state index in [-0.39, 0.29) is 16.9 Å². The molecule has 0 radical (unpaired) electrons. The van der Waals surface area contributed by atoms with Crippen LogP contribution in [0.3, 0.4) is 0 Å². The second kappa shape index (κ2) is 8.67. The maximum absolute atomic E-state index is 14.1. The molecule has 0 aliphatic carbocycles. The standard InChI is InChI=1S/C23H18F2N2O2S/c1-2-29-18-10-8-17(9-11-18)27-22(28)19-5-3-4-6-21(19)26-23(27)30-14-15-13-16(24)7-12-20(15)25/h3-13H,2,14H2,1H3. The van der Waals surface area contributed by atoms with Crippen LogP contribution in [0, 0.1) is 11.6 Å². The van der Waals surface area contributed by atoms with Crippen molar-refractivity contribution in [3.05, 3.63) is 94.3 Å². The van der Waals surface area contributed by atoms with Crippen molar-refractivity contribution < 1.29 is 13.5 Å². The minimum Gasteiger partial charge on any atom is -0.494 e. The maximum Gasteiger partial charge on any atom is 0.266 e. The van der Waals surface area contributed by atoms with E-state index >= 15 is 0 Å². The summed E-state index contributed by atoms with van der Waals surface area (Å²) in [6.07, 6.45) is 0. The number of para-hydroxylation sites is 1. The zero-order valence-electron chi connectivity index (χ0n) is 16.1. The third kappa shape index (κ3) is 4.07. The number of rotatable bonds is 6. The number of hydrogen-bond acceptors (Lipinski definition) is 4. The Bertz CT molecular complexity index is 1260. The van der Waals surface area contributed by atoms with E-state index in [9.17, 15) is 13.6 Å². The normalized spacial score (nSPS) is 11.0. The van der Waals surface area contributed by atoms with Crippen LogP contribution in [-0.2, 0) is 5.75 Å². The molecule has 0 bridgehead atoms. The van der Waals surface area contributed by atoms with Crippen LogP contribution in [0.25, 0.3) is 16.6 Å². The van der Waals surface area contributed by atoms with Crippen LogP contribution >= 0.6 is 11.8 Å². The Labute approximate surface area is 176 Å². The molecular formula is C23H18F2N2O2S. The second-order valence-electron chi connectivity index (χ2n) is 6.50. The highest BCUT2D eigenvalue weighted by molar-refractivity contribution is 7.98. The number of fused-ring (bicyclic) bond motifs is 1. The summed E-state index contributed by atoms with van der Waals surface area (Å²) < 4.78 is 34.6. The number of halogens is 2. The van der Waals surface area contributed by atoms with Gasteiger partial charge in [0, 0.05) is 11.3 Å². The number of thioether (sulfide) groups is 1. The SMILES string of the molecule is CCOc1ccc(-n2c(SCc3cc(F)ccc3F)nc3ccccc3c2=O)cc1. The minimum atomic E-state index is -0.512. The average Bonchev–Trinajstić information content (AvgIpc) is 2.75. The van der Waals surface area contributed by atoms with Crippen LogP contribution in [0.2, 0.25) is 0 Å². The van der Waals surface area contributed by atoms with Crippen LogP contribution in [-0.4, -0.2) is 16.2 Å². The van der Waals surface area contributed by atoms with E-state index < -0.39 is 11.6 Å². The van der Waals surface area contributed by atoms with Gasteiger partial charge in [-0.2, -0.15) is 0 Å². The van der Waals surface area contributed by atoms with Crippen molar-refractivity contribution in [3.8, 4) is 11.4 Å². The molecule has 1 heterocycles. The van der Waals surface area contributed by atoms with Gasteiger partial charge in [-0.3, -0.25) is 9.36 Å². The Morgan fingerprint density at radius 3 is 2.57 bits per heavy atom. The summed E-state index contributed by atoms with van der Waals surface area (Å²) in [4.78, 5) is 17.9. The van der Waals surface area contributed by atoms with E-state index in [1.54, 1.807) is 48.5 Å². The van der Waals surface area contributed by atoms with Crippen LogP contribution in [0.5, 0.6) is 5.75 Å². The van der Waals surface area contributed by atoms with E-state index in [0.29, 0.717) is 34.1 Å². The molecule has 30 heavy (non-hydrogen) atoms. The monoisotopic (exact) mass is 424 g/mol. The third-order valence-corrected chi connectivity index (χ3v) is 5.50. The lowest BCUT2D eigenvalue weighted by Gasteiger charge is -2.14. The number of benzene rings is 3. The molecule has 7 heteroatoms. The fourth-order valence-electron chi connectivity index (χ4n) is 3.09. The molecule has 3 aromatic carbocycles. The van der Waals surface area contributed by atoms with Crippen LogP contribution in [0.4, 0.5) is 8.78 Å². The molecule has 0 spiro atoms. The number of ether oxygens (including phenoxy) is 1. The average molecular weight is 424 g/mol. The molecule has 0 saturated carbocycles. The summed E-state index contributed by atoms with van der Waals surface area (Å²) in [5.41, 5.74) is 1.14. The highest BCUT2D eigenvalue weighted by Crippen LogP contribution is 2.26. The zero-order chi connectivity index (χ0) is 21.1.